The maximum absolute atomic E-state index is 6.21. The number of rotatable bonds is 6. The third kappa shape index (κ3) is 5.51. The zero-order valence-electron chi connectivity index (χ0n) is 14.8. The lowest BCUT2D eigenvalue weighted by Gasteiger charge is -2.12. The highest BCUT2D eigenvalue weighted by Crippen LogP contribution is 2.35. The molecule has 0 heterocycles. The molecule has 0 radical (unpaired) electrons. The fourth-order valence-corrected chi connectivity index (χ4v) is 4.31. The van der Waals surface area contributed by atoms with Gasteiger partial charge in [0.1, 0.15) is 18.1 Å². The van der Waals surface area contributed by atoms with Crippen LogP contribution in [0.25, 0.3) is 0 Å². The molecule has 0 bridgehead atoms. The number of methoxy groups -OCH3 is 1. The summed E-state index contributed by atoms with van der Waals surface area (Å²) in [6.45, 7) is 0.326. The van der Waals surface area contributed by atoms with Crippen LogP contribution in [0.5, 0.6) is 11.5 Å². The van der Waals surface area contributed by atoms with Gasteiger partial charge in [0, 0.05) is 21.8 Å². The van der Waals surface area contributed by atoms with Crippen LogP contribution in [0.3, 0.4) is 0 Å². The average molecular weight is 544 g/mol. The van der Waals surface area contributed by atoms with Crippen molar-refractivity contribution in [3.63, 3.8) is 0 Å². The molecule has 0 unspecified atom stereocenters. The van der Waals surface area contributed by atoms with Crippen LogP contribution in [0.1, 0.15) is 11.1 Å². The topological polar surface area (TPSA) is 30.8 Å². The van der Waals surface area contributed by atoms with E-state index in [1.165, 1.54) is 0 Å². The first kappa shape index (κ1) is 21.2. The fraction of sp³-hybridized carbons (Fsp3) is 0.0952. The minimum Gasteiger partial charge on any atom is -0.497 e. The molecule has 0 N–H and O–H groups in total. The highest BCUT2D eigenvalue weighted by molar-refractivity contribution is 9.11. The van der Waals surface area contributed by atoms with E-state index in [0.29, 0.717) is 22.4 Å². The second kappa shape index (κ2) is 9.79. The molecule has 0 spiro atoms. The zero-order valence-corrected chi connectivity index (χ0v) is 19.4. The summed E-state index contributed by atoms with van der Waals surface area (Å²) in [5, 5.41) is 1.17. The Morgan fingerprint density at radius 1 is 0.964 bits per heavy atom. The molecular weight excluding hydrogens is 529 g/mol. The van der Waals surface area contributed by atoms with Crippen LogP contribution in [-0.2, 0) is 6.61 Å². The van der Waals surface area contributed by atoms with Gasteiger partial charge in [-0.05, 0) is 86.0 Å². The molecule has 0 aliphatic rings. The van der Waals surface area contributed by atoms with Crippen LogP contribution >= 0.6 is 55.1 Å². The molecule has 0 aromatic heterocycles. The average Bonchev–Trinajstić information content (AvgIpc) is 2.67. The van der Waals surface area contributed by atoms with Crippen LogP contribution in [-0.4, -0.2) is 13.3 Å². The van der Waals surface area contributed by atoms with Crippen LogP contribution in [0.4, 0.5) is 5.69 Å². The molecular formula is C21H15Br2Cl2NO2. The molecule has 7 heteroatoms. The van der Waals surface area contributed by atoms with E-state index < -0.39 is 0 Å². The monoisotopic (exact) mass is 541 g/mol. The molecule has 0 amide bonds. The van der Waals surface area contributed by atoms with Gasteiger partial charge >= 0.3 is 0 Å². The summed E-state index contributed by atoms with van der Waals surface area (Å²) < 4.78 is 12.7. The Balaban J connectivity index is 1.73. The summed E-state index contributed by atoms with van der Waals surface area (Å²) in [5.74, 6) is 1.49. The largest absolute Gasteiger partial charge is 0.497 e. The second-order valence-corrected chi connectivity index (χ2v) is 8.35. The normalized spacial score (nSPS) is 11.0. The van der Waals surface area contributed by atoms with Crippen molar-refractivity contribution >= 4 is 67.0 Å². The van der Waals surface area contributed by atoms with Crippen LogP contribution in [0, 0.1) is 0 Å². The number of benzene rings is 3. The molecule has 0 fully saturated rings. The van der Waals surface area contributed by atoms with Crippen molar-refractivity contribution in [2.24, 2.45) is 4.99 Å². The maximum Gasteiger partial charge on any atom is 0.148 e. The van der Waals surface area contributed by atoms with Gasteiger partial charge in [0.25, 0.3) is 0 Å². The van der Waals surface area contributed by atoms with E-state index in [2.05, 4.69) is 36.9 Å². The summed E-state index contributed by atoms with van der Waals surface area (Å²) in [5.41, 5.74) is 2.62. The number of hydrogen-bond acceptors (Lipinski definition) is 3. The fourth-order valence-electron chi connectivity index (χ4n) is 2.40. The first-order valence-electron chi connectivity index (χ1n) is 8.20. The minimum atomic E-state index is 0.326. The Bertz CT molecular complexity index is 985. The third-order valence-corrected chi connectivity index (χ3v) is 5.61. The number of halogens is 4. The lowest BCUT2D eigenvalue weighted by molar-refractivity contribution is 0.302. The molecule has 0 aliphatic carbocycles. The van der Waals surface area contributed by atoms with Crippen LogP contribution < -0.4 is 9.47 Å². The molecule has 0 aliphatic heterocycles. The summed E-state index contributed by atoms with van der Waals surface area (Å²) >= 11 is 19.3. The van der Waals surface area contributed by atoms with Gasteiger partial charge in [-0.2, -0.15) is 0 Å². The first-order valence-corrected chi connectivity index (χ1v) is 10.5. The van der Waals surface area contributed by atoms with Gasteiger partial charge in [-0.25, -0.2) is 0 Å². The summed E-state index contributed by atoms with van der Waals surface area (Å²) in [4.78, 5) is 4.48. The predicted molar refractivity (Wildman–Crippen MR) is 123 cm³/mol. The van der Waals surface area contributed by atoms with E-state index in [-0.39, 0.29) is 0 Å². The van der Waals surface area contributed by atoms with E-state index in [9.17, 15) is 0 Å². The third-order valence-electron chi connectivity index (χ3n) is 3.84. The highest BCUT2D eigenvalue weighted by atomic mass is 79.9. The molecule has 3 aromatic carbocycles. The van der Waals surface area contributed by atoms with Gasteiger partial charge < -0.3 is 9.47 Å². The molecule has 0 saturated heterocycles. The molecule has 0 saturated carbocycles. The van der Waals surface area contributed by atoms with Crippen LogP contribution in [0.2, 0.25) is 10.0 Å². The number of hydrogen-bond donors (Lipinski definition) is 0. The lowest BCUT2D eigenvalue weighted by atomic mass is 10.2. The van der Waals surface area contributed by atoms with Gasteiger partial charge in [-0.1, -0.05) is 29.3 Å². The second-order valence-electron chi connectivity index (χ2n) is 5.79. The maximum atomic E-state index is 6.21. The van der Waals surface area contributed by atoms with Gasteiger partial charge in [0.15, 0.2) is 0 Å². The lowest BCUT2D eigenvalue weighted by Crippen LogP contribution is -1.98. The van der Waals surface area contributed by atoms with Crippen molar-refractivity contribution < 1.29 is 9.47 Å². The van der Waals surface area contributed by atoms with Crippen molar-refractivity contribution in [1.82, 2.24) is 0 Å². The quantitative estimate of drug-likeness (QED) is 0.296. The van der Waals surface area contributed by atoms with E-state index in [1.807, 2.05) is 42.5 Å². The smallest absolute Gasteiger partial charge is 0.148 e. The molecule has 3 nitrogen and oxygen atoms in total. The molecule has 0 atom stereocenters. The van der Waals surface area contributed by atoms with Gasteiger partial charge in [-0.3, -0.25) is 4.99 Å². The predicted octanol–water partition coefficient (Wildman–Crippen LogP) is 7.86. The highest BCUT2D eigenvalue weighted by Gasteiger charge is 2.10. The Labute approximate surface area is 190 Å². The number of aliphatic imine (C=N–C) groups is 1. The zero-order chi connectivity index (χ0) is 20.1. The van der Waals surface area contributed by atoms with E-state index in [4.69, 9.17) is 32.7 Å². The minimum absolute atomic E-state index is 0.326. The molecule has 28 heavy (non-hydrogen) atoms. The Morgan fingerprint density at radius 3 is 2.25 bits per heavy atom. The summed E-state index contributed by atoms with van der Waals surface area (Å²) in [7, 11) is 1.64. The van der Waals surface area contributed by atoms with Crippen LogP contribution in [0.15, 0.2) is 68.5 Å². The molecule has 3 aromatic rings. The summed E-state index contributed by atoms with van der Waals surface area (Å²) in [6.07, 6.45) is 1.79. The van der Waals surface area contributed by atoms with Gasteiger partial charge in [-0.15, -0.1) is 0 Å². The van der Waals surface area contributed by atoms with E-state index in [1.54, 1.807) is 25.5 Å². The Morgan fingerprint density at radius 2 is 1.64 bits per heavy atom. The van der Waals surface area contributed by atoms with E-state index in [0.717, 1.165) is 31.5 Å². The van der Waals surface area contributed by atoms with Crippen molar-refractivity contribution in [1.29, 1.82) is 0 Å². The Kier molecular flexibility index (Phi) is 7.41. The molecule has 144 valence electrons. The number of ether oxygens (including phenoxy) is 2. The molecule has 3 rings (SSSR count). The van der Waals surface area contributed by atoms with Crippen molar-refractivity contribution in [2.75, 3.05) is 7.11 Å². The SMILES string of the molecule is COc1ccc(N=Cc2cc(Br)c(OCc3ccc(Cl)cc3Cl)c(Br)c2)cc1. The standard InChI is InChI=1S/C21H15Br2Cl2NO2/c1-27-17-6-4-16(5-7-17)26-11-13-8-18(22)21(19(23)9-13)28-12-14-2-3-15(24)10-20(14)25/h2-11H,12H2,1H3. The van der Waals surface area contributed by atoms with Gasteiger partial charge in [0.2, 0.25) is 0 Å². The van der Waals surface area contributed by atoms with Crippen molar-refractivity contribution in [2.45, 2.75) is 6.61 Å². The van der Waals surface area contributed by atoms with E-state index >= 15 is 0 Å². The van der Waals surface area contributed by atoms with Crippen molar-refractivity contribution in [3.05, 3.63) is 84.7 Å². The first-order chi connectivity index (χ1) is 13.5. The summed E-state index contributed by atoms with van der Waals surface area (Å²) in [6, 6.07) is 16.8. The number of nitrogens with zero attached hydrogens (tertiary/aromatic N) is 1. The Hall–Kier alpha value is -1.53. The van der Waals surface area contributed by atoms with Gasteiger partial charge in [0.05, 0.1) is 21.7 Å². The van der Waals surface area contributed by atoms with Crippen molar-refractivity contribution in [3.8, 4) is 11.5 Å².